The second-order valence-electron chi connectivity index (χ2n) is 5.68. The van der Waals surface area contributed by atoms with Gasteiger partial charge in [-0.2, -0.15) is 0 Å². The summed E-state index contributed by atoms with van der Waals surface area (Å²) in [5, 5.41) is 2.88. The maximum Gasteiger partial charge on any atom is 0.227 e. The monoisotopic (exact) mass is 289 g/mol. The van der Waals surface area contributed by atoms with Gasteiger partial charge in [-0.3, -0.25) is 9.59 Å². The molecule has 1 aliphatic heterocycles. The summed E-state index contributed by atoms with van der Waals surface area (Å²) in [6, 6.07) is 7.59. The minimum Gasteiger partial charge on any atom is -0.352 e. The van der Waals surface area contributed by atoms with Gasteiger partial charge in [0.05, 0.1) is 0 Å². The van der Waals surface area contributed by atoms with Crippen LogP contribution in [0.2, 0.25) is 0 Å². The third kappa shape index (κ3) is 3.82. The highest BCUT2D eigenvalue weighted by Crippen LogP contribution is 2.21. The average Bonchev–Trinajstić information content (AvgIpc) is 2.90. The molecule has 21 heavy (non-hydrogen) atoms. The number of nitrogens with two attached hydrogens (primary N) is 1. The van der Waals surface area contributed by atoms with Gasteiger partial charge < -0.3 is 16.0 Å². The third-order valence-corrected chi connectivity index (χ3v) is 3.99. The van der Waals surface area contributed by atoms with Crippen LogP contribution in [-0.4, -0.2) is 24.4 Å². The maximum atomic E-state index is 11.8. The van der Waals surface area contributed by atoms with Gasteiger partial charge in [-0.05, 0) is 31.0 Å². The fraction of sp³-hybridized carbons (Fsp3) is 0.500. The Labute approximate surface area is 125 Å². The van der Waals surface area contributed by atoms with Crippen molar-refractivity contribution in [1.82, 2.24) is 5.32 Å². The van der Waals surface area contributed by atoms with Gasteiger partial charge in [-0.1, -0.05) is 19.1 Å². The molecule has 2 unspecified atom stereocenters. The number of benzene rings is 1. The number of hydrogen-bond donors (Lipinski definition) is 2. The molecule has 0 saturated carbocycles. The number of rotatable bonds is 5. The lowest BCUT2D eigenvalue weighted by atomic mass is 10.0. The summed E-state index contributed by atoms with van der Waals surface area (Å²) in [5.41, 5.74) is 7.65. The van der Waals surface area contributed by atoms with Crippen LogP contribution >= 0.6 is 0 Å². The molecule has 114 valence electrons. The highest BCUT2D eigenvalue weighted by molar-refractivity contribution is 5.95. The smallest absolute Gasteiger partial charge is 0.227 e. The predicted octanol–water partition coefficient (Wildman–Crippen LogP) is 1.41. The summed E-state index contributed by atoms with van der Waals surface area (Å²) in [4.78, 5) is 25.3. The van der Waals surface area contributed by atoms with Crippen molar-refractivity contribution in [2.75, 3.05) is 11.4 Å². The Morgan fingerprint density at radius 3 is 2.52 bits per heavy atom. The number of amides is 2. The average molecular weight is 289 g/mol. The maximum absolute atomic E-state index is 11.8. The van der Waals surface area contributed by atoms with E-state index in [0.29, 0.717) is 13.0 Å². The molecule has 2 atom stereocenters. The van der Waals surface area contributed by atoms with E-state index >= 15 is 0 Å². The Bertz CT molecular complexity index is 511. The highest BCUT2D eigenvalue weighted by Gasteiger charge is 2.21. The fourth-order valence-corrected chi connectivity index (χ4v) is 2.30. The molecule has 0 aromatic heterocycles. The van der Waals surface area contributed by atoms with Crippen molar-refractivity contribution in [3.05, 3.63) is 29.8 Å². The molecule has 1 saturated heterocycles. The summed E-state index contributed by atoms with van der Waals surface area (Å²) in [5.74, 6) is -0.0582. The van der Waals surface area contributed by atoms with Crippen molar-refractivity contribution in [1.29, 1.82) is 0 Å². The summed E-state index contributed by atoms with van der Waals surface area (Å²) in [6.45, 7) is 4.92. The lowest BCUT2D eigenvalue weighted by Gasteiger charge is -2.17. The number of nitrogens with zero attached hydrogens (tertiary/aromatic N) is 1. The van der Waals surface area contributed by atoms with Gasteiger partial charge in [0.25, 0.3) is 0 Å². The molecule has 0 spiro atoms. The number of carbonyl (C=O) groups excluding carboxylic acids is 2. The number of nitrogens with one attached hydrogen (secondary N) is 1. The van der Waals surface area contributed by atoms with Gasteiger partial charge in [0.15, 0.2) is 0 Å². The number of carbonyl (C=O) groups is 2. The van der Waals surface area contributed by atoms with Crippen LogP contribution in [0.15, 0.2) is 24.3 Å². The lowest BCUT2D eigenvalue weighted by Crippen LogP contribution is -2.38. The zero-order chi connectivity index (χ0) is 15.4. The van der Waals surface area contributed by atoms with Crippen LogP contribution in [-0.2, 0) is 16.1 Å². The summed E-state index contributed by atoms with van der Waals surface area (Å²) < 4.78 is 0. The minimum atomic E-state index is -0.202. The van der Waals surface area contributed by atoms with E-state index in [-0.39, 0.29) is 23.8 Å². The Hall–Kier alpha value is -1.88. The van der Waals surface area contributed by atoms with Gasteiger partial charge in [-0.25, -0.2) is 0 Å². The zero-order valence-corrected chi connectivity index (χ0v) is 12.6. The first-order valence-corrected chi connectivity index (χ1v) is 7.41. The minimum absolute atomic E-state index is 0.0382. The second kappa shape index (κ2) is 6.72. The van der Waals surface area contributed by atoms with Crippen LogP contribution in [0.4, 0.5) is 5.69 Å². The molecule has 5 nitrogen and oxygen atoms in total. The van der Waals surface area contributed by atoms with E-state index in [2.05, 4.69) is 5.32 Å². The molecule has 1 heterocycles. The van der Waals surface area contributed by atoms with Crippen molar-refractivity contribution in [2.24, 2.45) is 11.7 Å². The molecule has 3 N–H and O–H groups in total. The van der Waals surface area contributed by atoms with Crippen molar-refractivity contribution in [2.45, 2.75) is 39.3 Å². The Morgan fingerprint density at radius 2 is 2.00 bits per heavy atom. The normalized spacial score (nSPS) is 17.7. The largest absolute Gasteiger partial charge is 0.352 e. The molecule has 0 aliphatic carbocycles. The summed E-state index contributed by atoms with van der Waals surface area (Å²) >= 11 is 0. The SMILES string of the molecule is CC(N)C(C)C(=O)NCc1ccc(N2CCCC2=O)cc1. The Morgan fingerprint density at radius 1 is 1.33 bits per heavy atom. The number of anilines is 1. The van der Waals surface area contributed by atoms with E-state index in [4.69, 9.17) is 5.73 Å². The molecule has 2 amide bonds. The van der Waals surface area contributed by atoms with Crippen LogP contribution in [0.25, 0.3) is 0 Å². The van der Waals surface area contributed by atoms with Crippen molar-refractivity contribution >= 4 is 17.5 Å². The molecule has 1 aliphatic rings. The first-order chi connectivity index (χ1) is 9.99. The van der Waals surface area contributed by atoms with Crippen molar-refractivity contribution < 1.29 is 9.59 Å². The van der Waals surface area contributed by atoms with Gasteiger partial charge >= 0.3 is 0 Å². The Kier molecular flexibility index (Phi) is 4.96. The molecule has 1 fully saturated rings. The highest BCUT2D eigenvalue weighted by atomic mass is 16.2. The van der Waals surface area contributed by atoms with E-state index < -0.39 is 0 Å². The quantitative estimate of drug-likeness (QED) is 0.860. The first-order valence-electron chi connectivity index (χ1n) is 7.41. The van der Waals surface area contributed by atoms with Crippen LogP contribution in [0.1, 0.15) is 32.3 Å². The van der Waals surface area contributed by atoms with Gasteiger partial charge in [-0.15, -0.1) is 0 Å². The molecule has 1 aromatic rings. The van der Waals surface area contributed by atoms with Crippen LogP contribution in [0, 0.1) is 5.92 Å². The Balaban J connectivity index is 1.91. The predicted molar refractivity (Wildman–Crippen MR) is 82.7 cm³/mol. The molecular weight excluding hydrogens is 266 g/mol. The number of hydrogen-bond acceptors (Lipinski definition) is 3. The second-order valence-corrected chi connectivity index (χ2v) is 5.68. The van der Waals surface area contributed by atoms with Crippen LogP contribution in [0.5, 0.6) is 0 Å². The van der Waals surface area contributed by atoms with Crippen molar-refractivity contribution in [3.63, 3.8) is 0 Å². The van der Waals surface area contributed by atoms with Crippen molar-refractivity contribution in [3.8, 4) is 0 Å². The van der Waals surface area contributed by atoms with Crippen LogP contribution in [0.3, 0.4) is 0 Å². The lowest BCUT2D eigenvalue weighted by molar-refractivity contribution is -0.125. The fourth-order valence-electron chi connectivity index (χ4n) is 2.30. The molecule has 1 aromatic carbocycles. The van der Waals surface area contributed by atoms with E-state index in [1.165, 1.54) is 0 Å². The first kappa shape index (κ1) is 15.5. The summed E-state index contributed by atoms with van der Waals surface area (Å²) in [6.07, 6.45) is 1.55. The van der Waals surface area contributed by atoms with E-state index in [1.807, 2.05) is 38.1 Å². The van der Waals surface area contributed by atoms with E-state index in [0.717, 1.165) is 24.2 Å². The molecule has 0 bridgehead atoms. The van der Waals surface area contributed by atoms with Crippen LogP contribution < -0.4 is 16.0 Å². The molecule has 2 rings (SSSR count). The molecule has 0 radical (unpaired) electrons. The zero-order valence-electron chi connectivity index (χ0n) is 12.6. The standard InChI is InChI=1S/C16H23N3O2/c1-11(12(2)17)16(21)18-10-13-5-7-14(8-6-13)19-9-3-4-15(19)20/h5-8,11-12H,3-4,9-10,17H2,1-2H3,(H,18,21). The van der Waals surface area contributed by atoms with Gasteiger partial charge in [0, 0.05) is 37.2 Å². The third-order valence-electron chi connectivity index (χ3n) is 3.99. The topological polar surface area (TPSA) is 75.4 Å². The van der Waals surface area contributed by atoms with Gasteiger partial charge in [0.1, 0.15) is 0 Å². The summed E-state index contributed by atoms with van der Waals surface area (Å²) in [7, 11) is 0. The van der Waals surface area contributed by atoms with E-state index in [1.54, 1.807) is 4.90 Å². The van der Waals surface area contributed by atoms with E-state index in [9.17, 15) is 9.59 Å². The van der Waals surface area contributed by atoms with Gasteiger partial charge in [0.2, 0.25) is 11.8 Å². The molecular formula is C16H23N3O2. The molecule has 5 heteroatoms.